The number of nitrogens with one attached hydrogen (secondary N) is 1. The van der Waals surface area contributed by atoms with Gasteiger partial charge in [0.2, 0.25) is 0 Å². The molecular formula is C12H12N4S2. The molecule has 0 atom stereocenters. The molecule has 18 heavy (non-hydrogen) atoms. The number of benzene rings is 1. The lowest BCUT2D eigenvalue weighted by atomic mass is 10.1. The van der Waals surface area contributed by atoms with Crippen LogP contribution in [-0.2, 0) is 0 Å². The molecule has 6 heteroatoms. The summed E-state index contributed by atoms with van der Waals surface area (Å²) in [4.78, 5) is 8.58. The van der Waals surface area contributed by atoms with Gasteiger partial charge in [-0.2, -0.15) is 0 Å². The Hall–Kier alpha value is -1.66. The van der Waals surface area contributed by atoms with E-state index in [1.807, 2.05) is 36.6 Å². The first kappa shape index (κ1) is 12.8. The van der Waals surface area contributed by atoms with E-state index < -0.39 is 0 Å². The number of thioether (sulfide) groups is 1. The minimum absolute atomic E-state index is 0.259. The van der Waals surface area contributed by atoms with Crippen LogP contribution in [-0.4, -0.2) is 21.3 Å². The smallest absolute Gasteiger partial charge is 0.187 e. The van der Waals surface area contributed by atoms with Crippen molar-refractivity contribution in [3.8, 4) is 11.3 Å². The molecule has 1 heterocycles. The van der Waals surface area contributed by atoms with Crippen molar-refractivity contribution in [2.24, 2.45) is 5.73 Å². The van der Waals surface area contributed by atoms with Crippen LogP contribution >= 0.6 is 24.0 Å². The molecule has 0 amide bonds. The van der Waals surface area contributed by atoms with Crippen LogP contribution in [0.4, 0.5) is 5.69 Å². The fourth-order valence-electron chi connectivity index (χ4n) is 1.47. The van der Waals surface area contributed by atoms with E-state index in [4.69, 9.17) is 18.0 Å². The first-order chi connectivity index (χ1) is 8.69. The van der Waals surface area contributed by atoms with E-state index in [9.17, 15) is 0 Å². The number of nitrogens with zero attached hydrogens (tertiary/aromatic N) is 2. The van der Waals surface area contributed by atoms with Crippen molar-refractivity contribution in [2.45, 2.75) is 5.16 Å². The molecule has 1 aromatic heterocycles. The summed E-state index contributed by atoms with van der Waals surface area (Å²) in [6.45, 7) is 0. The molecule has 4 nitrogen and oxygen atoms in total. The number of anilines is 1. The van der Waals surface area contributed by atoms with Crippen molar-refractivity contribution in [2.75, 3.05) is 11.6 Å². The predicted molar refractivity (Wildman–Crippen MR) is 79.7 cm³/mol. The van der Waals surface area contributed by atoms with Crippen LogP contribution in [0.1, 0.15) is 0 Å². The summed E-state index contributed by atoms with van der Waals surface area (Å²) in [6, 6.07) is 9.64. The first-order valence-electron chi connectivity index (χ1n) is 5.23. The van der Waals surface area contributed by atoms with E-state index in [-0.39, 0.29) is 5.11 Å². The fraction of sp³-hybridized carbons (Fsp3) is 0.0833. The summed E-state index contributed by atoms with van der Waals surface area (Å²) in [5, 5.41) is 3.90. The van der Waals surface area contributed by atoms with Crippen LogP contribution in [0, 0.1) is 0 Å². The maximum absolute atomic E-state index is 5.41. The molecule has 0 fully saturated rings. The first-order valence-corrected chi connectivity index (χ1v) is 6.86. The molecule has 0 saturated heterocycles. The molecule has 1 aromatic carbocycles. The third kappa shape index (κ3) is 3.18. The Morgan fingerprint density at radius 2 is 2.00 bits per heavy atom. The number of hydrogen-bond acceptors (Lipinski definition) is 4. The van der Waals surface area contributed by atoms with Gasteiger partial charge in [-0.1, -0.05) is 23.9 Å². The number of rotatable bonds is 3. The Bertz CT molecular complexity index is 554. The van der Waals surface area contributed by atoms with Crippen molar-refractivity contribution in [3.63, 3.8) is 0 Å². The predicted octanol–water partition coefficient (Wildman–Crippen LogP) is 2.52. The zero-order valence-corrected chi connectivity index (χ0v) is 11.4. The highest BCUT2D eigenvalue weighted by Crippen LogP contribution is 2.20. The summed E-state index contributed by atoms with van der Waals surface area (Å²) in [7, 11) is 0. The second kappa shape index (κ2) is 5.79. The molecule has 0 unspecified atom stereocenters. The van der Waals surface area contributed by atoms with Gasteiger partial charge in [-0.25, -0.2) is 9.97 Å². The quantitative estimate of drug-likeness (QED) is 0.510. The molecule has 2 aromatic rings. The molecule has 2 rings (SSSR count). The number of thiocarbonyl (C=S) groups is 1. The molecule has 0 aliphatic carbocycles. The zero-order chi connectivity index (χ0) is 13.0. The van der Waals surface area contributed by atoms with Crippen LogP contribution in [0.2, 0.25) is 0 Å². The summed E-state index contributed by atoms with van der Waals surface area (Å²) in [5.41, 5.74) is 8.20. The van der Waals surface area contributed by atoms with Gasteiger partial charge in [0.05, 0.1) is 5.69 Å². The molecule has 92 valence electrons. The van der Waals surface area contributed by atoms with Crippen molar-refractivity contribution >= 4 is 34.8 Å². The van der Waals surface area contributed by atoms with Crippen LogP contribution in [0.3, 0.4) is 0 Å². The van der Waals surface area contributed by atoms with Gasteiger partial charge in [-0.3, -0.25) is 0 Å². The van der Waals surface area contributed by atoms with Gasteiger partial charge >= 0.3 is 0 Å². The Labute approximate surface area is 115 Å². The second-order valence-corrected chi connectivity index (χ2v) is 4.71. The SMILES string of the molecule is CSc1nccc(-c2ccc(NC(N)=S)cc2)n1. The summed E-state index contributed by atoms with van der Waals surface area (Å²) < 4.78 is 0. The molecule has 0 radical (unpaired) electrons. The Morgan fingerprint density at radius 1 is 1.28 bits per heavy atom. The molecular weight excluding hydrogens is 264 g/mol. The third-order valence-corrected chi connectivity index (χ3v) is 2.93. The van der Waals surface area contributed by atoms with Gasteiger partial charge in [0.15, 0.2) is 10.3 Å². The van der Waals surface area contributed by atoms with Gasteiger partial charge < -0.3 is 11.1 Å². The van der Waals surface area contributed by atoms with Crippen LogP contribution in [0.5, 0.6) is 0 Å². The van der Waals surface area contributed by atoms with Crippen LogP contribution in [0.25, 0.3) is 11.3 Å². The van der Waals surface area contributed by atoms with Gasteiger partial charge in [-0.15, -0.1) is 0 Å². The van der Waals surface area contributed by atoms with E-state index in [1.54, 1.807) is 6.20 Å². The van der Waals surface area contributed by atoms with E-state index in [0.29, 0.717) is 0 Å². The average molecular weight is 276 g/mol. The van der Waals surface area contributed by atoms with Gasteiger partial charge in [-0.05, 0) is 36.7 Å². The van der Waals surface area contributed by atoms with Crippen LogP contribution < -0.4 is 11.1 Å². The average Bonchev–Trinajstić information content (AvgIpc) is 2.39. The lowest BCUT2D eigenvalue weighted by molar-refractivity contribution is 0.976. The topological polar surface area (TPSA) is 63.8 Å². The Balaban J connectivity index is 2.25. The van der Waals surface area contributed by atoms with Crippen molar-refractivity contribution in [1.29, 1.82) is 0 Å². The van der Waals surface area contributed by atoms with E-state index in [2.05, 4.69) is 15.3 Å². The molecule has 0 aliphatic rings. The van der Waals surface area contributed by atoms with Gasteiger partial charge in [0, 0.05) is 17.4 Å². The maximum atomic E-state index is 5.41. The lowest BCUT2D eigenvalue weighted by Gasteiger charge is -2.05. The minimum Gasteiger partial charge on any atom is -0.376 e. The summed E-state index contributed by atoms with van der Waals surface area (Å²) in [6.07, 6.45) is 3.71. The molecule has 0 bridgehead atoms. The largest absolute Gasteiger partial charge is 0.376 e. The van der Waals surface area contributed by atoms with Gasteiger partial charge in [0.1, 0.15) is 0 Å². The molecule has 0 spiro atoms. The third-order valence-electron chi connectivity index (χ3n) is 2.26. The zero-order valence-electron chi connectivity index (χ0n) is 9.75. The standard InChI is InChI=1S/C12H12N4S2/c1-18-12-14-7-6-10(16-12)8-2-4-9(5-3-8)15-11(13)17/h2-7H,1H3,(H3,13,15,17). The summed E-state index contributed by atoms with van der Waals surface area (Å²) >= 11 is 6.30. The number of hydrogen-bond donors (Lipinski definition) is 2. The fourth-order valence-corrected chi connectivity index (χ4v) is 1.94. The van der Waals surface area contributed by atoms with Crippen molar-refractivity contribution in [3.05, 3.63) is 36.5 Å². The maximum Gasteiger partial charge on any atom is 0.187 e. The van der Waals surface area contributed by atoms with Gasteiger partial charge in [0.25, 0.3) is 0 Å². The Kier molecular flexibility index (Phi) is 4.11. The molecule has 0 aliphatic heterocycles. The van der Waals surface area contributed by atoms with Crippen molar-refractivity contribution < 1.29 is 0 Å². The van der Waals surface area contributed by atoms with Crippen LogP contribution in [0.15, 0.2) is 41.7 Å². The Morgan fingerprint density at radius 3 is 2.61 bits per heavy atom. The van der Waals surface area contributed by atoms with E-state index in [0.717, 1.165) is 22.1 Å². The molecule has 3 N–H and O–H groups in total. The second-order valence-electron chi connectivity index (χ2n) is 3.50. The highest BCUT2D eigenvalue weighted by Gasteiger charge is 2.02. The minimum atomic E-state index is 0.259. The number of aromatic nitrogens is 2. The van der Waals surface area contributed by atoms with Crippen molar-refractivity contribution in [1.82, 2.24) is 9.97 Å². The number of nitrogens with two attached hydrogens (primary N) is 1. The highest BCUT2D eigenvalue weighted by atomic mass is 32.2. The van der Waals surface area contributed by atoms with E-state index >= 15 is 0 Å². The summed E-state index contributed by atoms with van der Waals surface area (Å²) in [5.74, 6) is 0. The molecule has 0 saturated carbocycles. The van der Waals surface area contributed by atoms with E-state index in [1.165, 1.54) is 11.8 Å². The normalized spacial score (nSPS) is 10.1. The monoisotopic (exact) mass is 276 g/mol. The lowest BCUT2D eigenvalue weighted by Crippen LogP contribution is -2.18. The highest BCUT2D eigenvalue weighted by molar-refractivity contribution is 7.98.